The molecule has 0 saturated carbocycles. The molecule has 21 heavy (non-hydrogen) atoms. The lowest BCUT2D eigenvalue weighted by Crippen LogP contribution is -2.29. The summed E-state index contributed by atoms with van der Waals surface area (Å²) in [4.78, 5) is 8.11. The van der Waals surface area contributed by atoms with Crippen molar-refractivity contribution >= 4 is 44.6 Å². The van der Waals surface area contributed by atoms with Crippen LogP contribution in [0, 0.1) is 0 Å². The molecule has 0 aliphatic carbocycles. The van der Waals surface area contributed by atoms with E-state index in [0.717, 1.165) is 28.2 Å². The van der Waals surface area contributed by atoms with Crippen LogP contribution in [0.5, 0.6) is 0 Å². The Morgan fingerprint density at radius 1 is 1.48 bits per heavy atom. The summed E-state index contributed by atoms with van der Waals surface area (Å²) < 4.78 is 1.12. The quantitative estimate of drug-likeness (QED) is 0.799. The number of nitrogens with zero attached hydrogens (tertiary/aromatic N) is 2. The first-order valence-electron chi connectivity index (χ1n) is 6.92. The second-order valence-electron chi connectivity index (χ2n) is 4.99. The molecule has 0 bridgehead atoms. The molecule has 3 heterocycles. The van der Waals surface area contributed by atoms with Gasteiger partial charge in [-0.25, -0.2) is 0 Å². The highest BCUT2D eigenvalue weighted by Gasteiger charge is 2.39. The molecule has 0 aromatic carbocycles. The average molecular weight is 382 g/mol. The predicted molar refractivity (Wildman–Crippen MR) is 94.5 cm³/mol. The minimum atomic E-state index is 0.107. The molecule has 3 nitrogen and oxygen atoms in total. The molecular formula is C15H16BrN3S2. The van der Waals surface area contributed by atoms with Gasteiger partial charge in [0.05, 0.1) is 17.8 Å². The lowest BCUT2D eigenvalue weighted by atomic mass is 10.0. The topological polar surface area (TPSA) is 28.2 Å². The van der Waals surface area contributed by atoms with E-state index in [0.29, 0.717) is 0 Å². The predicted octanol–water partition coefficient (Wildman–Crippen LogP) is 4.29. The Morgan fingerprint density at radius 2 is 2.33 bits per heavy atom. The van der Waals surface area contributed by atoms with Crippen molar-refractivity contribution < 1.29 is 0 Å². The molecule has 1 N–H and O–H groups in total. The molecule has 1 fully saturated rings. The standard InChI is InChI=1S/C15H16BrN3S2/c1-2-7-19-14(12-8-10(16)9-21-12)13(18-15(19)20)11-5-3-4-6-17-11/h3-6,8-9,13-14H,2,7H2,1H3,(H,18,20)/t13-,14-/m1/s1. The lowest BCUT2D eigenvalue weighted by molar-refractivity contribution is 0.322. The second kappa shape index (κ2) is 6.42. The zero-order valence-corrected chi connectivity index (χ0v) is 14.8. The number of rotatable bonds is 4. The maximum atomic E-state index is 5.55. The van der Waals surface area contributed by atoms with Crippen LogP contribution >= 0.6 is 39.5 Å². The van der Waals surface area contributed by atoms with Crippen molar-refractivity contribution in [3.8, 4) is 0 Å². The fourth-order valence-corrected chi connectivity index (χ4v) is 4.60. The maximum absolute atomic E-state index is 5.55. The fourth-order valence-electron chi connectivity index (χ4n) is 2.68. The maximum Gasteiger partial charge on any atom is 0.170 e. The van der Waals surface area contributed by atoms with Gasteiger partial charge in [0.2, 0.25) is 0 Å². The molecule has 1 aliphatic heterocycles. The summed E-state index contributed by atoms with van der Waals surface area (Å²) in [5.74, 6) is 0. The SMILES string of the molecule is CCCN1C(=S)N[C@H](c2ccccn2)[C@H]1c1cc(Br)cs1. The Hall–Kier alpha value is -0.980. The monoisotopic (exact) mass is 381 g/mol. The normalized spacial score (nSPS) is 21.6. The lowest BCUT2D eigenvalue weighted by Gasteiger charge is -2.26. The van der Waals surface area contributed by atoms with Gasteiger partial charge in [0.15, 0.2) is 5.11 Å². The Bertz CT molecular complexity index is 629. The highest BCUT2D eigenvalue weighted by Crippen LogP contribution is 2.41. The fraction of sp³-hybridized carbons (Fsp3) is 0.333. The number of hydrogen-bond donors (Lipinski definition) is 1. The van der Waals surface area contributed by atoms with Crippen LogP contribution in [0.25, 0.3) is 0 Å². The van der Waals surface area contributed by atoms with E-state index < -0.39 is 0 Å². The summed E-state index contributed by atoms with van der Waals surface area (Å²) in [5.41, 5.74) is 1.04. The number of hydrogen-bond acceptors (Lipinski definition) is 3. The summed E-state index contributed by atoms with van der Waals surface area (Å²) in [7, 11) is 0. The minimum absolute atomic E-state index is 0.107. The Labute approximate surface area is 142 Å². The molecule has 110 valence electrons. The van der Waals surface area contributed by atoms with Crippen LogP contribution in [0.2, 0.25) is 0 Å². The van der Waals surface area contributed by atoms with E-state index >= 15 is 0 Å². The molecule has 1 aliphatic rings. The number of thiocarbonyl (C=S) groups is 1. The third kappa shape index (κ3) is 2.98. The Balaban J connectivity index is 2.00. The third-order valence-electron chi connectivity index (χ3n) is 3.54. The molecule has 2 aromatic heterocycles. The van der Waals surface area contributed by atoms with E-state index in [4.69, 9.17) is 12.2 Å². The van der Waals surface area contributed by atoms with Gasteiger partial charge >= 0.3 is 0 Å². The number of pyridine rings is 1. The van der Waals surface area contributed by atoms with Crippen LogP contribution in [0.1, 0.15) is 36.0 Å². The number of aromatic nitrogens is 1. The largest absolute Gasteiger partial charge is 0.352 e. The molecule has 0 radical (unpaired) electrons. The van der Waals surface area contributed by atoms with Gasteiger partial charge in [0.1, 0.15) is 0 Å². The number of thiophene rings is 1. The number of nitrogens with one attached hydrogen (secondary N) is 1. The molecule has 3 rings (SSSR count). The summed E-state index contributed by atoms with van der Waals surface area (Å²) >= 11 is 10.9. The molecule has 0 amide bonds. The van der Waals surface area contributed by atoms with Crippen LogP contribution in [-0.4, -0.2) is 21.5 Å². The van der Waals surface area contributed by atoms with E-state index in [1.807, 2.05) is 18.3 Å². The Morgan fingerprint density at radius 3 is 2.95 bits per heavy atom. The van der Waals surface area contributed by atoms with Crippen LogP contribution < -0.4 is 5.32 Å². The molecule has 6 heteroatoms. The van der Waals surface area contributed by atoms with Crippen molar-refractivity contribution in [2.45, 2.75) is 25.4 Å². The van der Waals surface area contributed by atoms with Crippen molar-refractivity contribution in [2.75, 3.05) is 6.54 Å². The second-order valence-corrected chi connectivity index (χ2v) is 7.23. The first kappa shape index (κ1) is 14.9. The molecular weight excluding hydrogens is 366 g/mol. The van der Waals surface area contributed by atoms with Crippen molar-refractivity contribution in [1.29, 1.82) is 0 Å². The van der Waals surface area contributed by atoms with Crippen molar-refractivity contribution in [3.05, 3.63) is 50.9 Å². The highest BCUT2D eigenvalue weighted by molar-refractivity contribution is 9.10. The van der Waals surface area contributed by atoms with Crippen LogP contribution in [0.15, 0.2) is 40.3 Å². The van der Waals surface area contributed by atoms with Gasteiger partial charge in [0, 0.05) is 27.5 Å². The summed E-state index contributed by atoms with van der Waals surface area (Å²) in [6.45, 7) is 3.13. The number of halogens is 1. The van der Waals surface area contributed by atoms with Gasteiger partial charge in [-0.15, -0.1) is 11.3 Å². The molecule has 1 saturated heterocycles. The van der Waals surface area contributed by atoms with E-state index in [9.17, 15) is 0 Å². The van der Waals surface area contributed by atoms with E-state index in [2.05, 4.69) is 55.6 Å². The van der Waals surface area contributed by atoms with Gasteiger partial charge in [-0.05, 0) is 52.8 Å². The van der Waals surface area contributed by atoms with Gasteiger partial charge in [-0.2, -0.15) is 0 Å². The smallest absolute Gasteiger partial charge is 0.170 e. The highest BCUT2D eigenvalue weighted by atomic mass is 79.9. The molecule has 0 spiro atoms. The van der Waals surface area contributed by atoms with Gasteiger partial charge in [-0.1, -0.05) is 13.0 Å². The van der Waals surface area contributed by atoms with Crippen LogP contribution in [-0.2, 0) is 0 Å². The van der Waals surface area contributed by atoms with Crippen molar-refractivity contribution in [3.63, 3.8) is 0 Å². The first-order chi connectivity index (χ1) is 10.2. The van der Waals surface area contributed by atoms with Gasteiger partial charge in [0.25, 0.3) is 0 Å². The third-order valence-corrected chi connectivity index (χ3v) is 5.66. The van der Waals surface area contributed by atoms with E-state index in [-0.39, 0.29) is 12.1 Å². The van der Waals surface area contributed by atoms with Crippen LogP contribution in [0.3, 0.4) is 0 Å². The van der Waals surface area contributed by atoms with Crippen molar-refractivity contribution in [1.82, 2.24) is 15.2 Å². The molecule has 2 aromatic rings. The zero-order chi connectivity index (χ0) is 14.8. The molecule has 2 atom stereocenters. The Kier molecular flexibility index (Phi) is 4.57. The van der Waals surface area contributed by atoms with Gasteiger partial charge in [-0.3, -0.25) is 4.98 Å². The van der Waals surface area contributed by atoms with Crippen molar-refractivity contribution in [2.24, 2.45) is 0 Å². The summed E-state index contributed by atoms with van der Waals surface area (Å²) in [5, 5.41) is 6.39. The van der Waals surface area contributed by atoms with Crippen LogP contribution in [0.4, 0.5) is 0 Å². The average Bonchev–Trinajstić information content (AvgIpc) is 3.05. The zero-order valence-electron chi connectivity index (χ0n) is 11.6. The van der Waals surface area contributed by atoms with E-state index in [1.165, 1.54) is 4.88 Å². The first-order valence-corrected chi connectivity index (χ1v) is 9.00. The van der Waals surface area contributed by atoms with Gasteiger partial charge < -0.3 is 10.2 Å². The summed E-state index contributed by atoms with van der Waals surface area (Å²) in [6.07, 6.45) is 2.91. The molecule has 0 unspecified atom stereocenters. The van der Waals surface area contributed by atoms with E-state index in [1.54, 1.807) is 11.3 Å². The summed E-state index contributed by atoms with van der Waals surface area (Å²) in [6, 6.07) is 8.53. The minimum Gasteiger partial charge on any atom is -0.352 e.